The Bertz CT molecular complexity index is 1160. The van der Waals surface area contributed by atoms with Crippen molar-refractivity contribution >= 4 is 26.6 Å². The Morgan fingerprint density at radius 1 is 1.21 bits per heavy atom. The first kappa shape index (κ1) is 22.7. The number of H-pyrrole nitrogens is 1. The number of sulfone groups is 1. The van der Waals surface area contributed by atoms with Gasteiger partial charge in [-0.1, -0.05) is 0 Å². The normalized spacial score (nSPS) is 22.7. The number of likely N-dealkylation sites (tertiary alicyclic amines) is 1. The summed E-state index contributed by atoms with van der Waals surface area (Å²) in [5.74, 6) is -4.17. The van der Waals surface area contributed by atoms with Crippen molar-refractivity contribution in [2.24, 2.45) is 11.8 Å². The molecular weight excluding hydrogens is 452 g/mol. The maximum absolute atomic E-state index is 15.5. The van der Waals surface area contributed by atoms with Crippen LogP contribution in [0, 0.1) is 11.8 Å². The first-order valence-corrected chi connectivity index (χ1v) is 13.5. The van der Waals surface area contributed by atoms with Crippen LogP contribution in [0.1, 0.15) is 54.9 Å². The zero-order chi connectivity index (χ0) is 23.4. The molecule has 1 aliphatic carbocycles. The summed E-state index contributed by atoms with van der Waals surface area (Å²) < 4.78 is 54.1. The van der Waals surface area contributed by atoms with E-state index >= 15 is 8.78 Å². The highest BCUT2D eigenvalue weighted by atomic mass is 32.2. The smallest absolute Gasteiger partial charge is 0.280 e. The van der Waals surface area contributed by atoms with Crippen LogP contribution >= 0.6 is 0 Å². The van der Waals surface area contributed by atoms with E-state index in [2.05, 4.69) is 10.2 Å². The number of carbonyl (C=O) groups is 1. The first-order chi connectivity index (χ1) is 15.7. The van der Waals surface area contributed by atoms with Crippen LogP contribution in [0.15, 0.2) is 12.3 Å². The van der Waals surface area contributed by atoms with Crippen LogP contribution in [-0.4, -0.2) is 65.0 Å². The number of aromatic amines is 1. The number of aliphatic hydroxyl groups excluding tert-OH is 1. The minimum absolute atomic E-state index is 0.0371. The molecule has 0 saturated carbocycles. The van der Waals surface area contributed by atoms with Gasteiger partial charge in [0.15, 0.2) is 0 Å². The lowest BCUT2D eigenvalue weighted by Gasteiger charge is -2.39. The number of hydrogen-bond acceptors (Lipinski definition) is 5. The summed E-state index contributed by atoms with van der Waals surface area (Å²) in [6.45, 7) is 0.451. The fourth-order valence-electron chi connectivity index (χ4n) is 5.57. The van der Waals surface area contributed by atoms with Gasteiger partial charge in [0.2, 0.25) is 5.91 Å². The van der Waals surface area contributed by atoms with E-state index in [9.17, 15) is 18.3 Å². The Morgan fingerprint density at radius 3 is 2.55 bits per heavy atom. The molecule has 2 N–H and O–H groups in total. The number of hydrogen-bond donors (Lipinski definition) is 2. The van der Waals surface area contributed by atoms with Crippen LogP contribution < -0.4 is 0 Å². The minimum Gasteiger partial charge on any atom is -0.382 e. The molecule has 1 atom stereocenters. The first-order valence-electron chi connectivity index (χ1n) is 11.7. The number of rotatable bonds is 5. The summed E-state index contributed by atoms with van der Waals surface area (Å²) in [7, 11) is -2.98. The van der Waals surface area contributed by atoms with Crippen molar-refractivity contribution in [3.63, 3.8) is 0 Å². The number of aryl methyl sites for hydroxylation is 1. The van der Waals surface area contributed by atoms with E-state index in [1.807, 2.05) is 6.07 Å². The molecule has 2 aromatic rings. The van der Waals surface area contributed by atoms with Gasteiger partial charge in [0, 0.05) is 36.4 Å². The number of piperidine rings is 1. The van der Waals surface area contributed by atoms with Gasteiger partial charge in [-0.3, -0.25) is 9.89 Å². The Kier molecular flexibility index (Phi) is 5.71. The molecule has 1 amide bonds. The number of nitrogens with zero attached hydrogens (tertiary/aromatic N) is 2. The van der Waals surface area contributed by atoms with Gasteiger partial charge in [-0.05, 0) is 61.6 Å². The van der Waals surface area contributed by atoms with Gasteiger partial charge in [0.1, 0.15) is 15.9 Å². The molecule has 33 heavy (non-hydrogen) atoms. The third-order valence-corrected chi connectivity index (χ3v) is 9.51. The summed E-state index contributed by atoms with van der Waals surface area (Å²) in [5, 5.41) is 18.3. The van der Waals surface area contributed by atoms with E-state index in [4.69, 9.17) is 0 Å². The standard InChI is InChI=1S/C23H29F2N3O4S/c24-23(25,22(30)20-18-2-1-15(18)12-16-13-26-27-21(16)20)17-3-7-28(8-4-17)19(29)11-14-5-9-33(31,32)10-6-14/h12-14,17,22,30H,1-11H2,(H,26,27)/t22-/m1/s1. The van der Waals surface area contributed by atoms with E-state index in [0.29, 0.717) is 24.8 Å². The van der Waals surface area contributed by atoms with Crippen LogP contribution in [-0.2, 0) is 27.5 Å². The average Bonchev–Trinajstić information content (AvgIpc) is 3.24. The zero-order valence-corrected chi connectivity index (χ0v) is 19.2. The van der Waals surface area contributed by atoms with Crippen molar-refractivity contribution in [2.45, 2.75) is 57.0 Å². The SMILES string of the molecule is O=C(CC1CCS(=O)(=O)CC1)N1CCC(C(F)(F)[C@H](O)c2c3c(cc4cn[nH]c24)CC3)CC1. The third kappa shape index (κ3) is 4.16. The second-order valence-electron chi connectivity index (χ2n) is 9.79. The van der Waals surface area contributed by atoms with Gasteiger partial charge < -0.3 is 10.0 Å². The number of nitrogens with one attached hydrogen (secondary N) is 1. The molecule has 3 aliphatic rings. The van der Waals surface area contributed by atoms with Crippen LogP contribution in [0.4, 0.5) is 8.78 Å². The second kappa shape index (κ2) is 8.30. The molecule has 7 nitrogen and oxygen atoms in total. The lowest BCUT2D eigenvalue weighted by atomic mass is 9.77. The summed E-state index contributed by atoms with van der Waals surface area (Å²) in [5.41, 5.74) is 2.52. The zero-order valence-electron chi connectivity index (χ0n) is 18.4. The van der Waals surface area contributed by atoms with Gasteiger partial charge in [-0.25, -0.2) is 17.2 Å². The lowest BCUT2D eigenvalue weighted by molar-refractivity contribution is -0.164. The summed E-state index contributed by atoms with van der Waals surface area (Å²) >= 11 is 0. The van der Waals surface area contributed by atoms with Gasteiger partial charge in [-0.2, -0.15) is 5.10 Å². The summed E-state index contributed by atoms with van der Waals surface area (Å²) in [6, 6.07) is 1.94. The topological polar surface area (TPSA) is 103 Å². The van der Waals surface area contributed by atoms with Crippen LogP contribution in [0.3, 0.4) is 0 Å². The van der Waals surface area contributed by atoms with Crippen LogP contribution in [0.2, 0.25) is 0 Å². The van der Waals surface area contributed by atoms with E-state index in [1.165, 1.54) is 0 Å². The lowest BCUT2D eigenvalue weighted by Crippen LogP contribution is -2.46. The van der Waals surface area contributed by atoms with Crippen molar-refractivity contribution in [1.29, 1.82) is 0 Å². The van der Waals surface area contributed by atoms with Crippen molar-refractivity contribution in [3.8, 4) is 0 Å². The van der Waals surface area contributed by atoms with E-state index in [1.54, 1.807) is 11.1 Å². The molecule has 1 aromatic heterocycles. The molecule has 1 aromatic carbocycles. The number of aliphatic hydroxyl groups is 1. The number of alkyl halides is 2. The Balaban J connectivity index is 1.23. The van der Waals surface area contributed by atoms with E-state index < -0.39 is 27.8 Å². The van der Waals surface area contributed by atoms with Crippen molar-refractivity contribution in [1.82, 2.24) is 15.1 Å². The minimum atomic E-state index is -3.32. The van der Waals surface area contributed by atoms with Crippen LogP contribution in [0.25, 0.3) is 10.9 Å². The number of aromatic nitrogens is 2. The molecule has 0 unspecified atom stereocenters. The molecule has 0 bridgehead atoms. The molecule has 3 heterocycles. The maximum atomic E-state index is 15.5. The van der Waals surface area contributed by atoms with Crippen molar-refractivity contribution in [2.75, 3.05) is 24.6 Å². The van der Waals surface area contributed by atoms with E-state index in [-0.39, 0.29) is 61.2 Å². The number of amides is 1. The fraction of sp³-hybridized carbons (Fsp3) is 0.652. The predicted octanol–water partition coefficient (Wildman–Crippen LogP) is 2.78. The van der Waals surface area contributed by atoms with Gasteiger partial charge >= 0.3 is 0 Å². The molecule has 2 fully saturated rings. The molecule has 10 heteroatoms. The number of fused-ring (bicyclic) bond motifs is 2. The van der Waals surface area contributed by atoms with Crippen molar-refractivity contribution in [3.05, 3.63) is 29.0 Å². The van der Waals surface area contributed by atoms with Crippen LogP contribution in [0.5, 0.6) is 0 Å². The Labute approximate surface area is 191 Å². The fourth-order valence-corrected chi connectivity index (χ4v) is 7.16. The number of benzene rings is 1. The quantitative estimate of drug-likeness (QED) is 0.684. The van der Waals surface area contributed by atoms with Crippen molar-refractivity contribution < 1.29 is 27.1 Å². The molecule has 180 valence electrons. The molecular formula is C23H29F2N3O4S. The molecule has 0 radical (unpaired) electrons. The highest BCUT2D eigenvalue weighted by Crippen LogP contribution is 2.47. The maximum Gasteiger partial charge on any atom is 0.280 e. The van der Waals surface area contributed by atoms with Gasteiger partial charge in [0.05, 0.1) is 23.2 Å². The predicted molar refractivity (Wildman–Crippen MR) is 119 cm³/mol. The second-order valence-corrected chi connectivity index (χ2v) is 12.1. The highest BCUT2D eigenvalue weighted by molar-refractivity contribution is 7.91. The average molecular weight is 482 g/mol. The highest BCUT2D eigenvalue weighted by Gasteiger charge is 2.50. The van der Waals surface area contributed by atoms with Gasteiger partial charge in [0.25, 0.3) is 5.92 Å². The number of halogens is 2. The van der Waals surface area contributed by atoms with Gasteiger partial charge in [-0.15, -0.1) is 0 Å². The largest absolute Gasteiger partial charge is 0.382 e. The Morgan fingerprint density at radius 2 is 1.91 bits per heavy atom. The Hall–Kier alpha value is -2.07. The molecule has 0 spiro atoms. The van der Waals surface area contributed by atoms with E-state index in [0.717, 1.165) is 22.9 Å². The summed E-state index contributed by atoms with van der Waals surface area (Å²) in [6.07, 6.45) is 2.63. The molecule has 2 aliphatic heterocycles. The molecule has 2 saturated heterocycles. The third-order valence-electron chi connectivity index (χ3n) is 7.79. The summed E-state index contributed by atoms with van der Waals surface area (Å²) in [4.78, 5) is 14.3. The molecule has 5 rings (SSSR count). The monoisotopic (exact) mass is 481 g/mol. The number of carbonyl (C=O) groups excluding carboxylic acids is 1.